The summed E-state index contributed by atoms with van der Waals surface area (Å²) in [7, 11) is 0. The second-order valence-electron chi connectivity index (χ2n) is 7.54. The van der Waals surface area contributed by atoms with Crippen molar-refractivity contribution in [1.82, 2.24) is 4.57 Å². The largest absolute Gasteiger partial charge is 0.322 e. The minimum absolute atomic E-state index is 0.0802. The Morgan fingerprint density at radius 2 is 1.70 bits per heavy atom. The van der Waals surface area contributed by atoms with E-state index in [-0.39, 0.29) is 5.91 Å². The Balaban J connectivity index is 1.63. The summed E-state index contributed by atoms with van der Waals surface area (Å²) in [5.41, 5.74) is 6.45. The smallest absolute Gasteiger partial charge is 0.267 e. The first kappa shape index (κ1) is 20.2. The average molecular weight is 415 g/mol. The molecule has 2 aromatic carbocycles. The highest BCUT2D eigenvalue weighted by atomic mass is 32.1. The quantitative estimate of drug-likeness (QED) is 0.343. The van der Waals surface area contributed by atoms with Gasteiger partial charge in [0.05, 0.1) is 5.69 Å². The van der Waals surface area contributed by atoms with Crippen LogP contribution in [0.15, 0.2) is 78.4 Å². The zero-order valence-electron chi connectivity index (χ0n) is 17.4. The van der Waals surface area contributed by atoms with Gasteiger partial charge >= 0.3 is 0 Å². The summed E-state index contributed by atoms with van der Waals surface area (Å²) in [6.45, 7) is 4.28. The van der Waals surface area contributed by atoms with Gasteiger partial charge in [0.1, 0.15) is 4.88 Å². The maximum Gasteiger partial charge on any atom is 0.267 e. The summed E-state index contributed by atoms with van der Waals surface area (Å²) in [4.78, 5) is 13.9. The van der Waals surface area contributed by atoms with Gasteiger partial charge in [-0.1, -0.05) is 55.3 Å². The molecule has 152 valence electrons. The summed E-state index contributed by atoms with van der Waals surface area (Å²) in [6, 6.07) is 20.6. The van der Waals surface area contributed by atoms with E-state index in [0.717, 1.165) is 28.9 Å². The molecule has 0 radical (unpaired) electrons. The summed E-state index contributed by atoms with van der Waals surface area (Å²) in [5.74, 6) is -0.0802. The van der Waals surface area contributed by atoms with Crippen LogP contribution in [0, 0.1) is 6.92 Å². The SMILES string of the molecule is CCCCc1ccc(NC(=O)c2scc(-c3ccc(C)cc3)c2-n2cccc2)cc1. The summed E-state index contributed by atoms with van der Waals surface area (Å²) in [5, 5.41) is 5.15. The van der Waals surface area contributed by atoms with Crippen LogP contribution in [0.5, 0.6) is 0 Å². The summed E-state index contributed by atoms with van der Waals surface area (Å²) >= 11 is 1.48. The molecule has 0 saturated heterocycles. The van der Waals surface area contributed by atoms with Crippen molar-refractivity contribution >= 4 is 22.9 Å². The second kappa shape index (κ2) is 9.14. The number of benzene rings is 2. The Hall–Kier alpha value is -3.11. The number of rotatable bonds is 7. The molecule has 0 bridgehead atoms. The molecular weight excluding hydrogens is 388 g/mol. The van der Waals surface area contributed by atoms with E-state index in [1.54, 1.807) is 0 Å². The van der Waals surface area contributed by atoms with Gasteiger partial charge in [0.2, 0.25) is 0 Å². The van der Waals surface area contributed by atoms with Crippen LogP contribution in [0.3, 0.4) is 0 Å². The first-order valence-electron chi connectivity index (χ1n) is 10.4. The molecule has 0 aliphatic carbocycles. The Labute approximate surface area is 182 Å². The molecule has 30 heavy (non-hydrogen) atoms. The lowest BCUT2D eigenvalue weighted by Crippen LogP contribution is -2.13. The zero-order chi connectivity index (χ0) is 20.9. The molecule has 0 atom stereocenters. The number of aromatic nitrogens is 1. The Morgan fingerprint density at radius 3 is 2.37 bits per heavy atom. The fourth-order valence-corrected chi connectivity index (χ4v) is 4.48. The van der Waals surface area contributed by atoms with E-state index in [2.05, 4.69) is 60.9 Å². The molecule has 0 saturated carbocycles. The van der Waals surface area contributed by atoms with Crippen molar-refractivity contribution < 1.29 is 4.79 Å². The molecule has 1 N–H and O–H groups in total. The summed E-state index contributed by atoms with van der Waals surface area (Å²) < 4.78 is 2.02. The summed E-state index contributed by atoms with van der Waals surface area (Å²) in [6.07, 6.45) is 7.41. The normalized spacial score (nSPS) is 10.9. The lowest BCUT2D eigenvalue weighted by molar-refractivity contribution is 0.103. The van der Waals surface area contributed by atoms with Gasteiger partial charge < -0.3 is 9.88 Å². The van der Waals surface area contributed by atoms with Gasteiger partial charge in [-0.3, -0.25) is 4.79 Å². The second-order valence-corrected chi connectivity index (χ2v) is 8.42. The maximum atomic E-state index is 13.2. The van der Waals surface area contributed by atoms with Crippen LogP contribution in [0.25, 0.3) is 16.8 Å². The van der Waals surface area contributed by atoms with Gasteiger partial charge in [-0.25, -0.2) is 0 Å². The number of nitrogens with zero attached hydrogens (tertiary/aromatic N) is 1. The van der Waals surface area contributed by atoms with Crippen molar-refractivity contribution in [2.45, 2.75) is 33.1 Å². The van der Waals surface area contributed by atoms with E-state index < -0.39 is 0 Å². The number of carbonyl (C=O) groups excluding carboxylic acids is 1. The van der Waals surface area contributed by atoms with Crippen molar-refractivity contribution in [3.8, 4) is 16.8 Å². The molecule has 4 aromatic rings. The number of hydrogen-bond donors (Lipinski definition) is 1. The van der Waals surface area contributed by atoms with Crippen LogP contribution in [0.4, 0.5) is 5.69 Å². The molecule has 4 heteroatoms. The fraction of sp³-hybridized carbons (Fsp3) is 0.192. The number of nitrogens with one attached hydrogen (secondary N) is 1. The van der Waals surface area contributed by atoms with Crippen LogP contribution in [0.1, 0.15) is 40.6 Å². The highest BCUT2D eigenvalue weighted by Crippen LogP contribution is 2.35. The Morgan fingerprint density at radius 1 is 1.00 bits per heavy atom. The van der Waals surface area contributed by atoms with Crippen LogP contribution in [-0.2, 0) is 6.42 Å². The van der Waals surface area contributed by atoms with Gasteiger partial charge in [-0.05, 0) is 55.2 Å². The molecule has 1 amide bonds. The average Bonchev–Trinajstić information content (AvgIpc) is 3.43. The minimum Gasteiger partial charge on any atom is -0.322 e. The number of hydrogen-bond acceptors (Lipinski definition) is 2. The lowest BCUT2D eigenvalue weighted by Gasteiger charge is -2.11. The Kier molecular flexibility index (Phi) is 6.15. The lowest BCUT2D eigenvalue weighted by atomic mass is 10.0. The first-order valence-corrected chi connectivity index (χ1v) is 11.3. The monoisotopic (exact) mass is 414 g/mol. The molecule has 3 nitrogen and oxygen atoms in total. The van der Waals surface area contributed by atoms with Crippen LogP contribution in [-0.4, -0.2) is 10.5 Å². The van der Waals surface area contributed by atoms with Gasteiger partial charge in [-0.15, -0.1) is 11.3 Å². The maximum absolute atomic E-state index is 13.2. The van der Waals surface area contributed by atoms with Crippen LogP contribution >= 0.6 is 11.3 Å². The molecule has 0 spiro atoms. The molecular formula is C26H26N2OS. The number of unbranched alkanes of at least 4 members (excludes halogenated alkanes) is 1. The van der Waals surface area contributed by atoms with Crippen molar-refractivity contribution in [3.63, 3.8) is 0 Å². The van der Waals surface area contributed by atoms with E-state index >= 15 is 0 Å². The van der Waals surface area contributed by atoms with Gasteiger partial charge in [0, 0.05) is 29.0 Å². The van der Waals surface area contributed by atoms with E-state index in [4.69, 9.17) is 0 Å². The van der Waals surface area contributed by atoms with E-state index in [1.165, 1.54) is 35.3 Å². The van der Waals surface area contributed by atoms with E-state index in [9.17, 15) is 4.79 Å². The van der Waals surface area contributed by atoms with Crippen molar-refractivity contribution in [2.24, 2.45) is 0 Å². The highest BCUT2D eigenvalue weighted by Gasteiger charge is 2.20. The molecule has 2 heterocycles. The predicted molar refractivity (Wildman–Crippen MR) is 127 cm³/mol. The molecule has 2 aromatic heterocycles. The van der Waals surface area contributed by atoms with E-state index in [1.807, 2.05) is 41.2 Å². The highest BCUT2D eigenvalue weighted by molar-refractivity contribution is 7.13. The zero-order valence-corrected chi connectivity index (χ0v) is 18.2. The third-order valence-corrected chi connectivity index (χ3v) is 6.20. The van der Waals surface area contributed by atoms with Gasteiger partial charge in [-0.2, -0.15) is 0 Å². The van der Waals surface area contributed by atoms with Crippen molar-refractivity contribution in [1.29, 1.82) is 0 Å². The number of aryl methyl sites for hydroxylation is 2. The van der Waals surface area contributed by atoms with Crippen molar-refractivity contribution in [3.05, 3.63) is 94.4 Å². The fourth-order valence-electron chi connectivity index (χ4n) is 3.51. The van der Waals surface area contributed by atoms with Crippen LogP contribution in [0.2, 0.25) is 0 Å². The molecule has 0 aliphatic rings. The minimum atomic E-state index is -0.0802. The third kappa shape index (κ3) is 4.39. The predicted octanol–water partition coefficient (Wildman–Crippen LogP) is 7.11. The van der Waals surface area contributed by atoms with Crippen LogP contribution < -0.4 is 5.32 Å². The number of anilines is 1. The number of amides is 1. The molecule has 0 unspecified atom stereocenters. The Bertz CT molecular complexity index is 1110. The van der Waals surface area contributed by atoms with Crippen molar-refractivity contribution in [2.75, 3.05) is 5.32 Å². The molecule has 0 fully saturated rings. The topological polar surface area (TPSA) is 34.0 Å². The number of carbonyl (C=O) groups is 1. The van der Waals surface area contributed by atoms with Gasteiger partial charge in [0.15, 0.2) is 0 Å². The third-order valence-electron chi connectivity index (χ3n) is 5.23. The first-order chi connectivity index (χ1) is 14.7. The van der Waals surface area contributed by atoms with E-state index in [0.29, 0.717) is 4.88 Å². The molecule has 0 aliphatic heterocycles. The van der Waals surface area contributed by atoms with Gasteiger partial charge in [0.25, 0.3) is 5.91 Å². The molecule has 4 rings (SSSR count). The standard InChI is InChI=1S/C26H26N2OS/c1-3-4-7-20-10-14-22(15-11-20)27-26(29)25-24(28-16-5-6-17-28)23(18-30-25)21-12-8-19(2)9-13-21/h5-6,8-18H,3-4,7H2,1-2H3,(H,27,29). The number of thiophene rings is 1.